The van der Waals surface area contributed by atoms with Gasteiger partial charge in [0.1, 0.15) is 10.6 Å². The molecule has 0 unspecified atom stereocenters. The van der Waals surface area contributed by atoms with Gasteiger partial charge in [-0.15, -0.1) is 21.5 Å². The van der Waals surface area contributed by atoms with Crippen LogP contribution in [0.15, 0.2) is 6.07 Å². The number of nitrogens with zero attached hydrogens (tertiary/aromatic N) is 6. The predicted molar refractivity (Wildman–Crippen MR) is 103 cm³/mol. The van der Waals surface area contributed by atoms with E-state index in [2.05, 4.69) is 38.5 Å². The molecule has 0 aromatic carbocycles. The zero-order valence-electron chi connectivity index (χ0n) is 15.7. The lowest BCUT2D eigenvalue weighted by atomic mass is 10.2. The second-order valence-electron chi connectivity index (χ2n) is 6.71. The molecule has 0 radical (unpaired) electrons. The fraction of sp³-hybridized carbons (Fsp3) is 0.529. The largest absolute Gasteiger partial charge is 0.451 e. The lowest BCUT2D eigenvalue weighted by Gasteiger charge is -2.29. The first kappa shape index (κ1) is 19.8. The molecule has 8 nitrogen and oxygen atoms in total. The second-order valence-corrected chi connectivity index (χ2v) is 7.83. The highest BCUT2D eigenvalue weighted by Crippen LogP contribution is 2.35. The maximum absolute atomic E-state index is 13.1. The summed E-state index contributed by atoms with van der Waals surface area (Å²) >= 11 is 1.58. The highest BCUT2D eigenvalue weighted by atomic mass is 32.1. The first-order valence-corrected chi connectivity index (χ1v) is 10.1. The second kappa shape index (κ2) is 7.75. The van der Waals surface area contributed by atoms with Crippen LogP contribution in [0.5, 0.6) is 0 Å². The molecule has 0 atom stereocenters. The predicted octanol–water partition coefficient (Wildman–Crippen LogP) is 2.68. The summed E-state index contributed by atoms with van der Waals surface area (Å²) in [5, 5.41) is 20.0. The third kappa shape index (κ3) is 3.86. The summed E-state index contributed by atoms with van der Waals surface area (Å²) < 4.78 is 40.4. The monoisotopic (exact) mass is 427 g/mol. The molecule has 3 aromatic heterocycles. The van der Waals surface area contributed by atoms with Crippen molar-refractivity contribution in [3.63, 3.8) is 0 Å². The molecule has 0 bridgehead atoms. The number of alkyl halides is 3. The number of aliphatic hydroxyl groups excluding tert-OH is 1. The molecule has 0 fully saturated rings. The number of halogens is 3. The number of aryl methyl sites for hydroxylation is 1. The Balaban J connectivity index is 1.71. The normalized spacial score (nSPS) is 14.4. The molecular formula is C17H20F3N7OS. The van der Waals surface area contributed by atoms with E-state index in [1.165, 1.54) is 4.88 Å². The van der Waals surface area contributed by atoms with Gasteiger partial charge in [0.25, 0.3) is 0 Å². The molecule has 0 spiro atoms. The number of rotatable bonds is 6. The molecule has 0 saturated heterocycles. The third-order valence-electron chi connectivity index (χ3n) is 4.62. The summed E-state index contributed by atoms with van der Waals surface area (Å²) in [5.41, 5.74) is 0. The minimum Gasteiger partial charge on any atom is -0.395 e. The average Bonchev–Trinajstić information content (AvgIpc) is 3.28. The van der Waals surface area contributed by atoms with Crippen LogP contribution in [0.3, 0.4) is 0 Å². The number of aliphatic hydroxyl groups is 1. The molecular weight excluding hydrogens is 407 g/mol. The van der Waals surface area contributed by atoms with Gasteiger partial charge in [0.2, 0.25) is 11.8 Å². The van der Waals surface area contributed by atoms with Crippen LogP contribution in [0.4, 0.5) is 24.9 Å². The molecule has 0 saturated carbocycles. The highest BCUT2D eigenvalue weighted by Gasteiger charge is 2.39. The molecule has 0 amide bonds. The van der Waals surface area contributed by atoms with Crippen molar-refractivity contribution in [1.29, 1.82) is 0 Å². The summed E-state index contributed by atoms with van der Waals surface area (Å²) in [5.74, 6) is 0.321. The van der Waals surface area contributed by atoms with Gasteiger partial charge in [-0.1, -0.05) is 13.3 Å². The van der Waals surface area contributed by atoms with Crippen LogP contribution in [0, 0.1) is 0 Å². The number of hydrogen-bond acceptors (Lipinski definition) is 8. The van der Waals surface area contributed by atoms with Crippen LogP contribution in [-0.4, -0.2) is 49.5 Å². The van der Waals surface area contributed by atoms with Crippen molar-refractivity contribution in [3.8, 4) is 0 Å². The minimum atomic E-state index is -4.53. The Bertz CT molecular complexity index is 1020. The van der Waals surface area contributed by atoms with Crippen LogP contribution in [0.1, 0.15) is 29.9 Å². The van der Waals surface area contributed by atoms with Crippen LogP contribution >= 0.6 is 11.3 Å². The van der Waals surface area contributed by atoms with Crippen LogP contribution in [0.2, 0.25) is 0 Å². The maximum atomic E-state index is 13.1. The number of aromatic nitrogens is 5. The fourth-order valence-corrected chi connectivity index (χ4v) is 4.49. The molecule has 0 aliphatic carbocycles. The van der Waals surface area contributed by atoms with Gasteiger partial charge < -0.3 is 19.9 Å². The Morgan fingerprint density at radius 3 is 2.79 bits per heavy atom. The molecule has 4 rings (SSSR count). The molecule has 3 aromatic rings. The fourth-order valence-electron chi connectivity index (χ4n) is 3.36. The summed E-state index contributed by atoms with van der Waals surface area (Å²) in [6, 6.07) is 2.05. The van der Waals surface area contributed by atoms with Gasteiger partial charge in [-0.3, -0.25) is 0 Å². The van der Waals surface area contributed by atoms with E-state index in [1.807, 2.05) is 4.90 Å². The third-order valence-corrected chi connectivity index (χ3v) is 5.71. The Labute approximate surface area is 168 Å². The van der Waals surface area contributed by atoms with Gasteiger partial charge in [-0.25, -0.2) is 4.98 Å². The Morgan fingerprint density at radius 2 is 2.07 bits per heavy atom. The lowest BCUT2D eigenvalue weighted by molar-refractivity contribution is -0.147. The van der Waals surface area contributed by atoms with Gasteiger partial charge in [-0.05, 0) is 12.5 Å². The molecule has 1 aliphatic heterocycles. The highest BCUT2D eigenvalue weighted by molar-refractivity contribution is 7.18. The van der Waals surface area contributed by atoms with Crippen LogP contribution in [-0.2, 0) is 25.7 Å². The quantitative estimate of drug-likeness (QED) is 0.625. The topological polar surface area (TPSA) is 92.0 Å². The van der Waals surface area contributed by atoms with Crippen molar-refractivity contribution in [2.75, 3.05) is 29.9 Å². The molecule has 2 N–H and O–H groups in total. The van der Waals surface area contributed by atoms with Crippen molar-refractivity contribution in [2.45, 2.75) is 39.0 Å². The average molecular weight is 427 g/mol. The van der Waals surface area contributed by atoms with Crippen molar-refractivity contribution < 1.29 is 18.3 Å². The standard InChI is InChI=1S/C17H20F3N7OS/c1-2-3-10-8-11-13(22-16(21-4-7-28)23-14(11)29-10)26-5-6-27-12(9-26)24-25-15(27)17(18,19)20/h8,28H,2-7,9H2,1H3,(H,21,22,23). The van der Waals surface area contributed by atoms with E-state index in [0.29, 0.717) is 24.9 Å². The van der Waals surface area contributed by atoms with Gasteiger partial charge in [0, 0.05) is 24.5 Å². The van der Waals surface area contributed by atoms with E-state index >= 15 is 0 Å². The smallest absolute Gasteiger partial charge is 0.395 e. The first-order valence-electron chi connectivity index (χ1n) is 9.30. The molecule has 12 heteroatoms. The van der Waals surface area contributed by atoms with Crippen molar-refractivity contribution in [1.82, 2.24) is 24.7 Å². The first-order chi connectivity index (χ1) is 13.9. The number of thiophene rings is 1. The Kier molecular flexibility index (Phi) is 5.30. The molecule has 4 heterocycles. The minimum absolute atomic E-state index is 0.0602. The maximum Gasteiger partial charge on any atom is 0.451 e. The summed E-state index contributed by atoms with van der Waals surface area (Å²) in [6.45, 7) is 2.98. The zero-order chi connectivity index (χ0) is 20.6. The van der Waals surface area contributed by atoms with Gasteiger partial charge in [0.15, 0.2) is 5.82 Å². The van der Waals surface area contributed by atoms with E-state index in [0.717, 1.165) is 27.6 Å². The number of anilines is 2. The zero-order valence-corrected chi connectivity index (χ0v) is 16.5. The van der Waals surface area contributed by atoms with Gasteiger partial charge >= 0.3 is 6.18 Å². The Hall–Kier alpha value is -2.47. The summed E-state index contributed by atoms with van der Waals surface area (Å²) in [4.78, 5) is 13.0. The van der Waals surface area contributed by atoms with Crippen molar-refractivity contribution >= 4 is 33.3 Å². The molecule has 156 valence electrons. The number of hydrogen-bond donors (Lipinski definition) is 2. The lowest BCUT2D eigenvalue weighted by Crippen LogP contribution is -2.36. The molecule has 29 heavy (non-hydrogen) atoms. The summed E-state index contributed by atoms with van der Waals surface area (Å²) in [7, 11) is 0. The van der Waals surface area contributed by atoms with Gasteiger partial charge in [0.05, 0.1) is 18.5 Å². The van der Waals surface area contributed by atoms with Crippen molar-refractivity contribution in [3.05, 3.63) is 22.6 Å². The van der Waals surface area contributed by atoms with Crippen molar-refractivity contribution in [2.24, 2.45) is 0 Å². The SMILES string of the molecule is CCCc1cc2c(N3CCn4c(nnc4C(F)(F)F)C3)nc(NCCO)nc2s1. The van der Waals surface area contributed by atoms with Crippen LogP contribution in [0.25, 0.3) is 10.2 Å². The van der Waals surface area contributed by atoms with E-state index in [9.17, 15) is 13.2 Å². The van der Waals surface area contributed by atoms with E-state index in [-0.39, 0.29) is 25.5 Å². The molecule has 1 aliphatic rings. The van der Waals surface area contributed by atoms with E-state index in [4.69, 9.17) is 5.11 Å². The Morgan fingerprint density at radius 1 is 1.24 bits per heavy atom. The van der Waals surface area contributed by atoms with Crippen LogP contribution < -0.4 is 10.2 Å². The number of fused-ring (bicyclic) bond motifs is 2. The van der Waals surface area contributed by atoms with E-state index in [1.54, 1.807) is 11.3 Å². The van der Waals surface area contributed by atoms with Gasteiger partial charge in [-0.2, -0.15) is 18.2 Å². The number of nitrogens with one attached hydrogen (secondary N) is 1. The van der Waals surface area contributed by atoms with E-state index < -0.39 is 12.0 Å². The summed E-state index contributed by atoms with van der Waals surface area (Å²) in [6.07, 6.45) is -2.61.